The van der Waals surface area contributed by atoms with Crippen LogP contribution < -0.4 is 5.56 Å². The molecule has 0 aliphatic carbocycles. The quantitative estimate of drug-likeness (QED) is 0.666. The highest BCUT2D eigenvalue weighted by molar-refractivity contribution is 5.93. The van der Waals surface area contributed by atoms with Crippen LogP contribution in [0.15, 0.2) is 65.7 Å². The number of hydrogen-bond acceptors (Lipinski definition) is 5. The lowest BCUT2D eigenvalue weighted by Gasteiger charge is -2.24. The highest BCUT2D eigenvalue weighted by Gasteiger charge is 2.33. The summed E-state index contributed by atoms with van der Waals surface area (Å²) in [5.41, 5.74) is 2.85. The van der Waals surface area contributed by atoms with Gasteiger partial charge in [-0.15, -0.1) is 0 Å². The number of benzene rings is 1. The van der Waals surface area contributed by atoms with Crippen molar-refractivity contribution in [1.82, 2.24) is 25.0 Å². The summed E-state index contributed by atoms with van der Waals surface area (Å²) in [5, 5.41) is 6.18. The van der Waals surface area contributed by atoms with Gasteiger partial charge in [-0.05, 0) is 36.6 Å². The van der Waals surface area contributed by atoms with Crippen LogP contribution in [-0.2, 0) is 11.2 Å². The number of hydrogen-bond donors (Lipinski definition) is 1. The third kappa shape index (κ3) is 4.59. The van der Waals surface area contributed by atoms with Gasteiger partial charge in [0.15, 0.2) is 0 Å². The normalized spacial score (nSPS) is 16.7. The average Bonchev–Trinajstić information content (AvgIpc) is 2.98. The first kappa shape index (κ1) is 21.4. The molecule has 0 unspecified atom stereocenters. The molecule has 3 aromatic rings. The Hall–Kier alpha value is -3.81. The van der Waals surface area contributed by atoms with E-state index in [1.807, 2.05) is 49.5 Å². The Labute approximate surface area is 185 Å². The molecule has 1 fully saturated rings. The van der Waals surface area contributed by atoms with E-state index in [0.717, 1.165) is 16.7 Å². The van der Waals surface area contributed by atoms with E-state index in [1.165, 1.54) is 12.1 Å². The van der Waals surface area contributed by atoms with Crippen LogP contribution in [0.4, 0.5) is 0 Å². The summed E-state index contributed by atoms with van der Waals surface area (Å²) in [7, 11) is 0. The Bertz CT molecular complexity index is 1140. The Morgan fingerprint density at radius 2 is 1.94 bits per heavy atom. The Kier molecular flexibility index (Phi) is 6.39. The monoisotopic (exact) mass is 431 g/mol. The topological polar surface area (TPSA) is 99.3 Å². The van der Waals surface area contributed by atoms with Crippen molar-refractivity contribution in [3.8, 4) is 11.1 Å². The first-order valence-electron chi connectivity index (χ1n) is 10.7. The van der Waals surface area contributed by atoms with Crippen LogP contribution in [0.2, 0.25) is 0 Å². The lowest BCUT2D eigenvalue weighted by molar-refractivity contribution is -0.134. The van der Waals surface area contributed by atoms with Crippen LogP contribution >= 0.6 is 0 Å². The van der Waals surface area contributed by atoms with E-state index in [0.29, 0.717) is 26.1 Å². The second-order valence-corrected chi connectivity index (χ2v) is 7.78. The second kappa shape index (κ2) is 9.55. The third-order valence-electron chi connectivity index (χ3n) is 5.76. The second-order valence-electron chi connectivity index (χ2n) is 7.78. The van der Waals surface area contributed by atoms with Crippen molar-refractivity contribution in [2.45, 2.75) is 13.3 Å². The predicted octanol–water partition coefficient (Wildman–Crippen LogP) is 2.00. The number of likely N-dealkylation sites (N-methyl/N-ethyl adjacent to an activating group) is 1. The van der Waals surface area contributed by atoms with Crippen LogP contribution in [0.5, 0.6) is 0 Å². The smallest absolute Gasteiger partial charge is 0.274 e. The van der Waals surface area contributed by atoms with Crippen LogP contribution in [0.3, 0.4) is 0 Å². The molecule has 0 radical (unpaired) electrons. The number of aromatic amines is 1. The Morgan fingerprint density at radius 1 is 1.09 bits per heavy atom. The van der Waals surface area contributed by atoms with Crippen LogP contribution in [0.25, 0.3) is 11.1 Å². The van der Waals surface area contributed by atoms with E-state index >= 15 is 0 Å². The molecule has 3 heterocycles. The number of aromatic nitrogens is 3. The number of nitrogens with zero attached hydrogens (tertiary/aromatic N) is 4. The van der Waals surface area contributed by atoms with E-state index < -0.39 is 0 Å². The maximum atomic E-state index is 13.3. The summed E-state index contributed by atoms with van der Waals surface area (Å²) in [6.45, 7) is 3.69. The fourth-order valence-corrected chi connectivity index (χ4v) is 4.09. The molecule has 8 nitrogen and oxygen atoms in total. The zero-order valence-corrected chi connectivity index (χ0v) is 17.9. The van der Waals surface area contributed by atoms with Gasteiger partial charge < -0.3 is 9.80 Å². The zero-order chi connectivity index (χ0) is 22.5. The van der Waals surface area contributed by atoms with Crippen molar-refractivity contribution in [2.24, 2.45) is 5.92 Å². The van der Waals surface area contributed by atoms with Crippen molar-refractivity contribution in [1.29, 1.82) is 0 Å². The van der Waals surface area contributed by atoms with Crippen molar-refractivity contribution in [3.05, 3.63) is 82.5 Å². The number of carbonyl (C=O) groups excluding carboxylic acids is 2. The van der Waals surface area contributed by atoms with Crippen LogP contribution in [0, 0.1) is 5.92 Å². The molecule has 0 bridgehead atoms. The van der Waals surface area contributed by atoms with E-state index in [2.05, 4.69) is 15.2 Å². The van der Waals surface area contributed by atoms with Gasteiger partial charge in [0.25, 0.3) is 11.5 Å². The lowest BCUT2D eigenvalue weighted by Crippen LogP contribution is -2.38. The molecule has 1 saturated heterocycles. The molecule has 1 N–H and O–H groups in total. The van der Waals surface area contributed by atoms with Gasteiger partial charge >= 0.3 is 0 Å². The summed E-state index contributed by atoms with van der Waals surface area (Å²) < 4.78 is 0. The number of rotatable bonds is 5. The minimum atomic E-state index is -0.387. The summed E-state index contributed by atoms with van der Waals surface area (Å²) in [5.74, 6) is -0.641. The standard InChI is InChI=1S/C24H25N5O3/c1-2-28-12-13-29(24(32)21-9-10-22(30)27-26-21)16-19(23(28)31)14-17-6-3-4-8-20(17)18-7-5-11-25-15-18/h3-11,15,19H,2,12-14,16H2,1H3,(H,27,30)/t19-/m1/s1. The maximum absolute atomic E-state index is 13.3. The Balaban J connectivity index is 1.63. The molecule has 1 aromatic carbocycles. The fourth-order valence-electron chi connectivity index (χ4n) is 4.09. The number of amides is 2. The van der Waals surface area contributed by atoms with Gasteiger partial charge in [0.05, 0.1) is 5.92 Å². The van der Waals surface area contributed by atoms with Crippen molar-refractivity contribution >= 4 is 11.8 Å². The summed E-state index contributed by atoms with van der Waals surface area (Å²) in [6.07, 6.45) is 4.04. The molecule has 8 heteroatoms. The first-order chi connectivity index (χ1) is 15.6. The van der Waals surface area contributed by atoms with E-state index in [-0.39, 0.29) is 35.5 Å². The highest BCUT2D eigenvalue weighted by atomic mass is 16.2. The van der Waals surface area contributed by atoms with E-state index in [1.54, 1.807) is 16.0 Å². The molecule has 32 heavy (non-hydrogen) atoms. The molecule has 2 amide bonds. The summed E-state index contributed by atoms with van der Waals surface area (Å²) in [6, 6.07) is 14.6. The van der Waals surface area contributed by atoms with E-state index in [4.69, 9.17) is 0 Å². The molecular weight excluding hydrogens is 406 g/mol. The molecule has 1 aliphatic rings. The van der Waals surface area contributed by atoms with Crippen LogP contribution in [-0.4, -0.2) is 63.0 Å². The maximum Gasteiger partial charge on any atom is 0.274 e. The average molecular weight is 431 g/mol. The molecular formula is C24H25N5O3. The molecule has 0 saturated carbocycles. The minimum absolute atomic E-state index is 0.0400. The summed E-state index contributed by atoms with van der Waals surface area (Å²) >= 11 is 0. The van der Waals surface area contributed by atoms with Gasteiger partial charge in [-0.2, -0.15) is 5.10 Å². The van der Waals surface area contributed by atoms with Crippen molar-refractivity contribution < 1.29 is 9.59 Å². The first-order valence-corrected chi connectivity index (χ1v) is 10.7. The number of nitrogens with one attached hydrogen (secondary N) is 1. The third-order valence-corrected chi connectivity index (χ3v) is 5.76. The van der Waals surface area contributed by atoms with Gasteiger partial charge in [-0.1, -0.05) is 30.3 Å². The van der Waals surface area contributed by atoms with Gasteiger partial charge in [0.1, 0.15) is 5.69 Å². The molecule has 1 atom stereocenters. The lowest BCUT2D eigenvalue weighted by atomic mass is 9.91. The zero-order valence-electron chi connectivity index (χ0n) is 17.9. The number of H-pyrrole nitrogens is 1. The Morgan fingerprint density at radius 3 is 2.66 bits per heavy atom. The predicted molar refractivity (Wildman–Crippen MR) is 120 cm³/mol. The minimum Gasteiger partial charge on any atom is -0.341 e. The number of pyridine rings is 1. The molecule has 2 aromatic heterocycles. The van der Waals surface area contributed by atoms with E-state index in [9.17, 15) is 14.4 Å². The molecule has 0 spiro atoms. The van der Waals surface area contributed by atoms with Gasteiger partial charge in [-0.3, -0.25) is 19.4 Å². The van der Waals surface area contributed by atoms with Crippen molar-refractivity contribution in [3.63, 3.8) is 0 Å². The molecule has 164 valence electrons. The SMILES string of the molecule is CCN1CCN(C(=O)c2ccc(=O)[nH]n2)C[C@@H](Cc2ccccc2-c2cccnc2)C1=O. The number of carbonyl (C=O) groups is 2. The van der Waals surface area contributed by atoms with Gasteiger partial charge in [0.2, 0.25) is 5.91 Å². The summed E-state index contributed by atoms with van der Waals surface area (Å²) in [4.78, 5) is 45.3. The van der Waals surface area contributed by atoms with Gasteiger partial charge in [0, 0.05) is 50.2 Å². The van der Waals surface area contributed by atoms with Crippen molar-refractivity contribution in [2.75, 3.05) is 26.2 Å². The highest BCUT2D eigenvalue weighted by Crippen LogP contribution is 2.27. The van der Waals surface area contributed by atoms with Gasteiger partial charge in [-0.25, -0.2) is 5.10 Å². The molecule has 1 aliphatic heterocycles. The largest absolute Gasteiger partial charge is 0.341 e. The fraction of sp³-hybridized carbons (Fsp3) is 0.292. The molecule has 4 rings (SSSR count). The van der Waals surface area contributed by atoms with Crippen LogP contribution in [0.1, 0.15) is 23.0 Å².